The van der Waals surface area contributed by atoms with Crippen molar-refractivity contribution in [2.75, 3.05) is 26.2 Å². The Morgan fingerprint density at radius 3 is 1.23 bits per heavy atom. The summed E-state index contributed by atoms with van der Waals surface area (Å²) in [5, 5.41) is 6.21. The molecule has 4 amide bonds. The van der Waals surface area contributed by atoms with Crippen LogP contribution >= 0.6 is 0 Å². The van der Waals surface area contributed by atoms with Crippen LogP contribution in [0.15, 0.2) is 0 Å². The molecule has 1 aliphatic carbocycles. The van der Waals surface area contributed by atoms with Crippen LogP contribution in [-0.2, 0) is 0 Å². The molecule has 2 N–H and O–H groups in total. The van der Waals surface area contributed by atoms with Crippen LogP contribution in [0.25, 0.3) is 0 Å². The van der Waals surface area contributed by atoms with E-state index in [9.17, 15) is 9.59 Å². The molecule has 0 unspecified atom stereocenters. The van der Waals surface area contributed by atoms with Gasteiger partial charge in [0.2, 0.25) is 0 Å². The van der Waals surface area contributed by atoms with E-state index < -0.39 is 0 Å². The second-order valence-corrected chi connectivity index (χ2v) is 5.79. The minimum Gasteiger partial charge on any atom is -0.335 e. The highest BCUT2D eigenvalue weighted by atomic mass is 16.2. The number of carbonyl (C=O) groups is 2. The number of amides is 4. The van der Waals surface area contributed by atoms with E-state index in [4.69, 9.17) is 0 Å². The van der Waals surface area contributed by atoms with E-state index in [0.717, 1.165) is 51.9 Å². The van der Waals surface area contributed by atoms with Gasteiger partial charge in [-0.25, -0.2) is 9.59 Å². The van der Waals surface area contributed by atoms with Crippen molar-refractivity contribution in [3.8, 4) is 0 Å². The van der Waals surface area contributed by atoms with Crippen molar-refractivity contribution in [3.05, 3.63) is 0 Å². The van der Waals surface area contributed by atoms with E-state index in [1.165, 1.54) is 0 Å². The van der Waals surface area contributed by atoms with Gasteiger partial charge in [0, 0.05) is 38.3 Å². The van der Waals surface area contributed by atoms with Crippen LogP contribution in [0.3, 0.4) is 0 Å². The summed E-state index contributed by atoms with van der Waals surface area (Å²) in [6.07, 6.45) is 3.71. The number of nitrogens with one attached hydrogen (secondary N) is 2. The molecule has 0 aromatic rings. The van der Waals surface area contributed by atoms with E-state index in [0.29, 0.717) is 0 Å². The lowest BCUT2D eigenvalue weighted by Gasteiger charge is -2.32. The quantitative estimate of drug-likeness (QED) is 0.791. The predicted molar refractivity (Wildman–Crippen MR) is 88.9 cm³/mol. The third-order valence-corrected chi connectivity index (χ3v) is 4.48. The predicted octanol–water partition coefficient (Wildman–Crippen LogP) is 2.40. The van der Waals surface area contributed by atoms with Crippen LogP contribution in [0.5, 0.6) is 0 Å². The Morgan fingerprint density at radius 1 is 0.727 bits per heavy atom. The second-order valence-electron chi connectivity index (χ2n) is 5.79. The average Bonchev–Trinajstić information content (AvgIpc) is 2.51. The molecule has 0 aromatic heterocycles. The summed E-state index contributed by atoms with van der Waals surface area (Å²) in [6.45, 7) is 10.9. The summed E-state index contributed by atoms with van der Waals surface area (Å²) >= 11 is 0. The van der Waals surface area contributed by atoms with E-state index in [2.05, 4.69) is 10.6 Å². The number of hydrogen-bond donors (Lipinski definition) is 2. The maximum Gasteiger partial charge on any atom is 0.317 e. The van der Waals surface area contributed by atoms with Gasteiger partial charge in [0.1, 0.15) is 0 Å². The minimum atomic E-state index is 0.0284. The summed E-state index contributed by atoms with van der Waals surface area (Å²) < 4.78 is 0. The van der Waals surface area contributed by atoms with Crippen molar-refractivity contribution >= 4 is 12.1 Å². The van der Waals surface area contributed by atoms with Crippen LogP contribution < -0.4 is 10.6 Å². The van der Waals surface area contributed by atoms with Crippen LogP contribution in [0.1, 0.15) is 53.4 Å². The summed E-state index contributed by atoms with van der Waals surface area (Å²) in [5.41, 5.74) is 0. The lowest BCUT2D eigenvalue weighted by Crippen LogP contribution is -2.50. The molecule has 0 aliphatic heterocycles. The van der Waals surface area contributed by atoms with Crippen molar-refractivity contribution in [2.45, 2.75) is 65.5 Å². The maximum absolute atomic E-state index is 12.0. The highest BCUT2D eigenvalue weighted by molar-refractivity contribution is 5.75. The Kier molecular flexibility index (Phi) is 8.06. The zero-order valence-electron chi connectivity index (χ0n) is 14.5. The molecular formula is C16H32N4O2. The molecule has 22 heavy (non-hydrogen) atoms. The Bertz CT molecular complexity index is 312. The Hall–Kier alpha value is -1.46. The van der Waals surface area contributed by atoms with Gasteiger partial charge >= 0.3 is 12.1 Å². The van der Waals surface area contributed by atoms with Gasteiger partial charge in [0.15, 0.2) is 0 Å². The molecule has 0 atom stereocenters. The van der Waals surface area contributed by atoms with Gasteiger partial charge in [-0.05, 0) is 53.4 Å². The van der Waals surface area contributed by atoms with Crippen molar-refractivity contribution in [2.24, 2.45) is 0 Å². The monoisotopic (exact) mass is 312 g/mol. The van der Waals surface area contributed by atoms with Crippen molar-refractivity contribution in [3.63, 3.8) is 0 Å². The fourth-order valence-electron chi connectivity index (χ4n) is 2.94. The summed E-state index contributed by atoms with van der Waals surface area (Å²) in [4.78, 5) is 27.7. The number of hydrogen-bond acceptors (Lipinski definition) is 2. The first kappa shape index (κ1) is 18.6. The lowest BCUT2D eigenvalue weighted by molar-refractivity contribution is 0.185. The number of urea groups is 2. The lowest BCUT2D eigenvalue weighted by atomic mass is 9.91. The number of rotatable bonds is 6. The van der Waals surface area contributed by atoms with E-state index in [1.807, 2.05) is 27.7 Å². The molecule has 1 aliphatic rings. The van der Waals surface area contributed by atoms with E-state index in [1.54, 1.807) is 9.80 Å². The van der Waals surface area contributed by atoms with Gasteiger partial charge in [-0.15, -0.1) is 0 Å². The fourth-order valence-corrected chi connectivity index (χ4v) is 2.94. The first-order chi connectivity index (χ1) is 10.5. The average molecular weight is 312 g/mol. The highest BCUT2D eigenvalue weighted by Crippen LogP contribution is 2.19. The van der Waals surface area contributed by atoms with E-state index in [-0.39, 0.29) is 24.1 Å². The van der Waals surface area contributed by atoms with Gasteiger partial charge in [0.25, 0.3) is 0 Å². The molecule has 0 heterocycles. The summed E-state index contributed by atoms with van der Waals surface area (Å²) in [6, 6.07) is 0.519. The molecule has 1 rings (SSSR count). The van der Waals surface area contributed by atoms with Crippen LogP contribution in [-0.4, -0.2) is 60.1 Å². The van der Waals surface area contributed by atoms with Crippen molar-refractivity contribution < 1.29 is 9.59 Å². The first-order valence-corrected chi connectivity index (χ1v) is 8.66. The number of carbonyl (C=O) groups excluding carboxylic acids is 2. The minimum absolute atomic E-state index is 0.0284. The molecule has 1 saturated carbocycles. The van der Waals surface area contributed by atoms with Gasteiger partial charge < -0.3 is 20.4 Å². The molecule has 1 fully saturated rings. The Balaban J connectivity index is 2.34. The highest BCUT2D eigenvalue weighted by Gasteiger charge is 2.25. The van der Waals surface area contributed by atoms with Crippen LogP contribution in [0.2, 0.25) is 0 Å². The first-order valence-electron chi connectivity index (χ1n) is 8.66. The summed E-state index contributed by atoms with van der Waals surface area (Å²) in [7, 11) is 0. The molecule has 128 valence electrons. The fraction of sp³-hybridized carbons (Fsp3) is 0.875. The maximum atomic E-state index is 12.0. The smallest absolute Gasteiger partial charge is 0.317 e. The molecular weight excluding hydrogens is 280 g/mol. The second kappa shape index (κ2) is 9.54. The zero-order valence-corrected chi connectivity index (χ0v) is 14.5. The van der Waals surface area contributed by atoms with Gasteiger partial charge in [0.05, 0.1) is 0 Å². The SMILES string of the molecule is CCN(CC)C(=O)NC1CCC(NC(=O)N(CC)CC)CC1. The normalized spacial score (nSPS) is 21.1. The van der Waals surface area contributed by atoms with Crippen molar-refractivity contribution in [1.29, 1.82) is 0 Å². The number of nitrogens with zero attached hydrogens (tertiary/aromatic N) is 2. The van der Waals surface area contributed by atoms with Crippen molar-refractivity contribution in [1.82, 2.24) is 20.4 Å². The van der Waals surface area contributed by atoms with Gasteiger partial charge in [-0.2, -0.15) is 0 Å². The molecule has 0 spiro atoms. The third kappa shape index (κ3) is 5.39. The van der Waals surface area contributed by atoms with Gasteiger partial charge in [-0.3, -0.25) is 0 Å². The Morgan fingerprint density at radius 2 is 1.00 bits per heavy atom. The summed E-state index contributed by atoms with van der Waals surface area (Å²) in [5.74, 6) is 0. The van der Waals surface area contributed by atoms with Crippen LogP contribution in [0.4, 0.5) is 9.59 Å². The molecule has 0 bridgehead atoms. The molecule has 0 radical (unpaired) electrons. The third-order valence-electron chi connectivity index (χ3n) is 4.48. The zero-order chi connectivity index (χ0) is 16.5. The van der Waals surface area contributed by atoms with Gasteiger partial charge in [-0.1, -0.05) is 0 Å². The Labute approximate surface area is 134 Å². The largest absolute Gasteiger partial charge is 0.335 e. The molecule has 6 heteroatoms. The molecule has 0 saturated heterocycles. The molecule has 0 aromatic carbocycles. The van der Waals surface area contributed by atoms with E-state index >= 15 is 0 Å². The molecule has 6 nitrogen and oxygen atoms in total. The topological polar surface area (TPSA) is 64.7 Å². The van der Waals surface area contributed by atoms with Crippen LogP contribution in [0, 0.1) is 0 Å². The standard InChI is InChI=1S/C16H32N4O2/c1-5-19(6-2)15(21)17-13-9-11-14(12-10-13)18-16(22)20(7-3)8-4/h13-14H,5-12H2,1-4H3,(H,17,21)(H,18,22).